The molecule has 1 aliphatic heterocycles. The van der Waals surface area contributed by atoms with Gasteiger partial charge >= 0.3 is 0 Å². The number of nitrogens with zero attached hydrogens (tertiary/aromatic N) is 2. The fraction of sp³-hybridized carbons (Fsp3) is 0.478. The number of ether oxygens (including phenoxy) is 2. The van der Waals surface area contributed by atoms with Gasteiger partial charge in [0.2, 0.25) is 0 Å². The van der Waals surface area contributed by atoms with E-state index in [4.69, 9.17) is 9.47 Å². The second-order valence-electron chi connectivity index (χ2n) is 7.32. The molecule has 4 nitrogen and oxygen atoms in total. The van der Waals surface area contributed by atoms with Gasteiger partial charge in [-0.05, 0) is 43.0 Å². The quantitative estimate of drug-likeness (QED) is 0.657. The monoisotopic (exact) mass is 386 g/mol. The van der Waals surface area contributed by atoms with Crippen LogP contribution in [-0.4, -0.2) is 63.3 Å². The van der Waals surface area contributed by atoms with E-state index in [9.17, 15) is 4.39 Å². The van der Waals surface area contributed by atoms with Gasteiger partial charge < -0.3 is 19.3 Å². The molecule has 0 aromatic heterocycles. The van der Waals surface area contributed by atoms with Crippen LogP contribution in [0, 0.1) is 5.82 Å². The Kier molecular flexibility index (Phi) is 7.69. The van der Waals surface area contributed by atoms with Crippen LogP contribution in [0.5, 0.6) is 11.5 Å². The lowest BCUT2D eigenvalue weighted by Gasteiger charge is -2.34. The van der Waals surface area contributed by atoms with Gasteiger partial charge in [0.25, 0.3) is 0 Å². The summed E-state index contributed by atoms with van der Waals surface area (Å²) in [5, 5.41) is 0. The summed E-state index contributed by atoms with van der Waals surface area (Å²) in [6.07, 6.45) is 3.01. The van der Waals surface area contributed by atoms with Crippen LogP contribution in [-0.2, 0) is 12.8 Å². The van der Waals surface area contributed by atoms with Crippen LogP contribution in [0.1, 0.15) is 17.5 Å². The van der Waals surface area contributed by atoms with Crippen LogP contribution in [0.4, 0.5) is 4.39 Å². The van der Waals surface area contributed by atoms with Crippen molar-refractivity contribution < 1.29 is 13.9 Å². The zero-order valence-corrected chi connectivity index (χ0v) is 17.0. The fourth-order valence-corrected chi connectivity index (χ4v) is 3.75. The molecular formula is C23H31FN2O2. The summed E-state index contributed by atoms with van der Waals surface area (Å²) in [4.78, 5) is 4.96. The summed E-state index contributed by atoms with van der Waals surface area (Å²) in [7, 11) is 3.10. The van der Waals surface area contributed by atoms with Gasteiger partial charge in [0, 0.05) is 38.8 Å². The van der Waals surface area contributed by atoms with Gasteiger partial charge in [0.1, 0.15) is 5.82 Å². The lowest BCUT2D eigenvalue weighted by molar-refractivity contribution is 0.132. The third-order valence-electron chi connectivity index (χ3n) is 5.50. The van der Waals surface area contributed by atoms with Crippen molar-refractivity contribution in [3.8, 4) is 11.5 Å². The maximum Gasteiger partial charge on any atom is 0.163 e. The minimum Gasteiger partial charge on any atom is -0.493 e. The number of hydrogen-bond acceptors (Lipinski definition) is 4. The summed E-state index contributed by atoms with van der Waals surface area (Å²) >= 11 is 0. The van der Waals surface area contributed by atoms with E-state index in [1.54, 1.807) is 13.2 Å². The lowest BCUT2D eigenvalue weighted by atomic mass is 10.1. The summed E-state index contributed by atoms with van der Waals surface area (Å²) in [5.41, 5.74) is 2.10. The molecule has 0 amide bonds. The van der Waals surface area contributed by atoms with Crippen molar-refractivity contribution in [2.75, 3.05) is 53.5 Å². The van der Waals surface area contributed by atoms with Crippen molar-refractivity contribution in [3.05, 3.63) is 59.4 Å². The van der Waals surface area contributed by atoms with Crippen molar-refractivity contribution in [2.24, 2.45) is 0 Å². The second kappa shape index (κ2) is 10.4. The number of rotatable bonds is 9. The minimum atomic E-state index is -0.225. The van der Waals surface area contributed by atoms with Gasteiger partial charge in [-0.1, -0.05) is 30.3 Å². The number of piperazine rings is 1. The maximum atomic E-state index is 14.3. The smallest absolute Gasteiger partial charge is 0.163 e. The predicted octanol–water partition coefficient (Wildman–Crippen LogP) is 3.64. The molecular weight excluding hydrogens is 355 g/mol. The van der Waals surface area contributed by atoms with Crippen LogP contribution >= 0.6 is 0 Å². The first-order chi connectivity index (χ1) is 13.7. The Morgan fingerprint density at radius 1 is 0.821 bits per heavy atom. The highest BCUT2D eigenvalue weighted by molar-refractivity contribution is 5.43. The maximum absolute atomic E-state index is 14.3. The molecule has 1 saturated heterocycles. The van der Waals surface area contributed by atoms with E-state index in [0.717, 1.165) is 45.7 Å². The second-order valence-corrected chi connectivity index (χ2v) is 7.32. The number of halogens is 1. The van der Waals surface area contributed by atoms with Crippen molar-refractivity contribution in [2.45, 2.75) is 19.3 Å². The predicted molar refractivity (Wildman–Crippen MR) is 111 cm³/mol. The van der Waals surface area contributed by atoms with E-state index in [1.165, 1.54) is 25.2 Å². The first-order valence-electron chi connectivity index (χ1n) is 10.1. The van der Waals surface area contributed by atoms with Crippen molar-refractivity contribution in [1.29, 1.82) is 0 Å². The van der Waals surface area contributed by atoms with Gasteiger partial charge in [0.15, 0.2) is 11.5 Å². The van der Waals surface area contributed by atoms with E-state index >= 15 is 0 Å². The van der Waals surface area contributed by atoms with Gasteiger partial charge in [-0.3, -0.25) is 0 Å². The number of methoxy groups -OCH3 is 2. The van der Waals surface area contributed by atoms with Crippen LogP contribution in [0.25, 0.3) is 0 Å². The summed E-state index contributed by atoms with van der Waals surface area (Å²) in [6.45, 7) is 6.27. The lowest BCUT2D eigenvalue weighted by Crippen LogP contribution is -2.47. The molecule has 0 spiro atoms. The molecule has 0 unspecified atom stereocenters. The Hall–Kier alpha value is -2.11. The van der Waals surface area contributed by atoms with Crippen molar-refractivity contribution >= 4 is 0 Å². The molecule has 152 valence electrons. The van der Waals surface area contributed by atoms with E-state index in [0.29, 0.717) is 23.5 Å². The SMILES string of the molecule is COc1cc(F)c(CCN2CCN(CCCc3ccccc3)CC2)cc1OC. The molecule has 0 bridgehead atoms. The highest BCUT2D eigenvalue weighted by atomic mass is 19.1. The van der Waals surface area contributed by atoms with Gasteiger partial charge in [0.05, 0.1) is 14.2 Å². The van der Waals surface area contributed by atoms with Gasteiger partial charge in [-0.15, -0.1) is 0 Å². The number of benzene rings is 2. The highest BCUT2D eigenvalue weighted by Crippen LogP contribution is 2.30. The Labute approximate surface area is 167 Å². The molecule has 5 heteroatoms. The van der Waals surface area contributed by atoms with Crippen LogP contribution in [0.2, 0.25) is 0 Å². The number of hydrogen-bond donors (Lipinski definition) is 0. The Morgan fingerprint density at radius 2 is 1.43 bits per heavy atom. The molecule has 1 fully saturated rings. The average molecular weight is 387 g/mol. The zero-order valence-electron chi connectivity index (χ0n) is 17.0. The average Bonchev–Trinajstić information content (AvgIpc) is 2.74. The summed E-state index contributed by atoms with van der Waals surface area (Å²) in [5.74, 6) is 0.798. The van der Waals surface area contributed by atoms with Gasteiger partial charge in [-0.25, -0.2) is 4.39 Å². The largest absolute Gasteiger partial charge is 0.493 e. The van der Waals surface area contributed by atoms with Crippen LogP contribution < -0.4 is 9.47 Å². The molecule has 0 radical (unpaired) electrons. The zero-order chi connectivity index (χ0) is 19.8. The third-order valence-corrected chi connectivity index (χ3v) is 5.50. The topological polar surface area (TPSA) is 24.9 Å². The third kappa shape index (κ3) is 5.69. The first kappa shape index (κ1) is 20.6. The summed E-state index contributed by atoms with van der Waals surface area (Å²) < 4.78 is 24.7. The standard InChI is InChI=1S/C23H31FN2O2/c1-27-22-17-20(21(24)18-23(22)28-2)10-12-26-15-13-25(14-16-26)11-6-9-19-7-4-3-5-8-19/h3-5,7-8,17-18H,6,9-16H2,1-2H3. The number of aryl methyl sites for hydroxylation is 1. The summed E-state index contributed by atoms with van der Waals surface area (Å²) in [6, 6.07) is 13.9. The molecule has 28 heavy (non-hydrogen) atoms. The fourth-order valence-electron chi connectivity index (χ4n) is 3.75. The van der Waals surface area contributed by atoms with Crippen LogP contribution in [0.3, 0.4) is 0 Å². The molecule has 0 N–H and O–H groups in total. The van der Waals surface area contributed by atoms with Gasteiger partial charge in [-0.2, -0.15) is 0 Å². The molecule has 0 aliphatic carbocycles. The first-order valence-corrected chi connectivity index (χ1v) is 10.1. The van der Waals surface area contributed by atoms with E-state index in [1.807, 2.05) is 0 Å². The molecule has 0 atom stereocenters. The minimum absolute atomic E-state index is 0.225. The molecule has 2 aromatic carbocycles. The van der Waals surface area contributed by atoms with E-state index in [-0.39, 0.29) is 5.82 Å². The molecule has 1 heterocycles. The molecule has 1 aliphatic rings. The molecule has 0 saturated carbocycles. The highest BCUT2D eigenvalue weighted by Gasteiger charge is 2.17. The molecule has 2 aromatic rings. The Bertz CT molecular complexity index is 731. The van der Waals surface area contributed by atoms with E-state index < -0.39 is 0 Å². The Morgan fingerprint density at radius 3 is 2.07 bits per heavy atom. The van der Waals surface area contributed by atoms with Crippen molar-refractivity contribution in [1.82, 2.24) is 9.80 Å². The normalized spacial score (nSPS) is 15.5. The Balaban J connectivity index is 1.40. The van der Waals surface area contributed by atoms with Crippen LogP contribution in [0.15, 0.2) is 42.5 Å². The van der Waals surface area contributed by atoms with Crippen molar-refractivity contribution in [3.63, 3.8) is 0 Å². The molecule has 3 rings (SSSR count). The van der Waals surface area contributed by atoms with E-state index in [2.05, 4.69) is 40.1 Å².